The van der Waals surface area contributed by atoms with Gasteiger partial charge in [0.1, 0.15) is 23.3 Å². The largest absolute Gasteiger partial charge is 0.400 e. The molecule has 2 fully saturated rings. The van der Waals surface area contributed by atoms with Gasteiger partial charge in [-0.1, -0.05) is 53.4 Å². The maximum Gasteiger partial charge on any atom is 0.258 e. The van der Waals surface area contributed by atoms with Crippen molar-refractivity contribution in [3.8, 4) is 0 Å². The Balaban J connectivity index is 0.000000193. The van der Waals surface area contributed by atoms with E-state index >= 15 is 0 Å². The lowest BCUT2D eigenvalue weighted by atomic mass is 9.95. The zero-order chi connectivity index (χ0) is 42.4. The second-order valence-electron chi connectivity index (χ2n) is 15.7. The van der Waals surface area contributed by atoms with Crippen molar-refractivity contribution in [3.63, 3.8) is 0 Å². The van der Waals surface area contributed by atoms with Crippen LogP contribution in [0, 0.1) is 5.92 Å². The number of aryl methyl sites for hydroxylation is 1. The van der Waals surface area contributed by atoms with Crippen LogP contribution in [0.25, 0.3) is 11.3 Å². The van der Waals surface area contributed by atoms with E-state index < -0.39 is 0 Å². The van der Waals surface area contributed by atoms with Crippen molar-refractivity contribution in [2.75, 3.05) is 41.0 Å². The van der Waals surface area contributed by atoms with E-state index in [0.717, 1.165) is 92.8 Å². The molecule has 7 heterocycles. The molecule has 8 rings (SSSR count). The number of aromatic nitrogens is 8. The van der Waals surface area contributed by atoms with E-state index in [0.29, 0.717) is 40.6 Å². The number of nitrogens with zero attached hydrogens (tertiary/aromatic N) is 9. The van der Waals surface area contributed by atoms with Crippen LogP contribution >= 0.6 is 0 Å². The van der Waals surface area contributed by atoms with Crippen molar-refractivity contribution in [3.05, 3.63) is 95.8 Å². The van der Waals surface area contributed by atoms with E-state index in [1.165, 1.54) is 32.1 Å². The Morgan fingerprint density at radius 3 is 1.98 bits per heavy atom. The van der Waals surface area contributed by atoms with Gasteiger partial charge in [0.15, 0.2) is 11.3 Å². The van der Waals surface area contributed by atoms with Crippen LogP contribution < -0.4 is 20.9 Å². The first-order valence-corrected chi connectivity index (χ1v) is 21.5. The highest BCUT2D eigenvalue weighted by atomic mass is 16.2. The molecule has 15 nitrogen and oxygen atoms in total. The lowest BCUT2D eigenvalue weighted by Gasteiger charge is -2.23. The number of aliphatic hydroxyl groups is 1. The maximum atomic E-state index is 12.7. The van der Waals surface area contributed by atoms with Crippen LogP contribution in [0.2, 0.25) is 0 Å². The number of fused-ring (bicyclic) bond motifs is 2. The molecule has 4 N–H and O–H groups in total. The van der Waals surface area contributed by atoms with Gasteiger partial charge in [-0.2, -0.15) is 19.2 Å². The first-order valence-electron chi connectivity index (χ1n) is 21.5. The number of hydrogen-bond acceptors (Lipinski definition) is 11. The van der Waals surface area contributed by atoms with E-state index in [-0.39, 0.29) is 11.8 Å². The predicted octanol–water partition coefficient (Wildman–Crippen LogP) is 8.20. The third kappa shape index (κ3) is 10.8. The van der Waals surface area contributed by atoms with Gasteiger partial charge in [-0.25, -0.2) is 9.97 Å². The van der Waals surface area contributed by atoms with Crippen LogP contribution in [0.3, 0.4) is 0 Å². The highest BCUT2D eigenvalue weighted by Gasteiger charge is 2.22. The van der Waals surface area contributed by atoms with Crippen molar-refractivity contribution in [1.82, 2.24) is 39.2 Å². The molecule has 15 heteroatoms. The number of carbonyl (C=O) groups is 2. The van der Waals surface area contributed by atoms with Gasteiger partial charge in [0, 0.05) is 74.3 Å². The van der Waals surface area contributed by atoms with Gasteiger partial charge < -0.3 is 26.0 Å². The number of carbonyl (C=O) groups excluding carboxylic acids is 2. The Bertz CT molecular complexity index is 2280. The average Bonchev–Trinajstić information content (AvgIpc) is 4.09. The van der Waals surface area contributed by atoms with Crippen molar-refractivity contribution in [2.45, 2.75) is 110 Å². The molecule has 6 aromatic heterocycles. The molecule has 1 aliphatic carbocycles. The van der Waals surface area contributed by atoms with Crippen LogP contribution in [-0.2, 0) is 6.42 Å². The smallest absolute Gasteiger partial charge is 0.258 e. The molecule has 0 aromatic carbocycles. The zero-order valence-corrected chi connectivity index (χ0v) is 35.6. The summed E-state index contributed by atoms with van der Waals surface area (Å²) in [7, 11) is 1.00. The fourth-order valence-electron chi connectivity index (χ4n) is 7.51. The lowest BCUT2D eigenvalue weighted by molar-refractivity contribution is 0.101. The number of amides is 2. The van der Waals surface area contributed by atoms with Gasteiger partial charge in [-0.15, -0.1) is 0 Å². The third-order valence-electron chi connectivity index (χ3n) is 11.5. The van der Waals surface area contributed by atoms with Gasteiger partial charge in [-0.3, -0.25) is 19.6 Å². The molecule has 6 aromatic rings. The second-order valence-corrected chi connectivity index (χ2v) is 15.7. The number of pyridine rings is 2. The highest BCUT2D eigenvalue weighted by Crippen LogP contribution is 2.29. The fourth-order valence-corrected chi connectivity index (χ4v) is 7.51. The van der Waals surface area contributed by atoms with Crippen molar-refractivity contribution in [2.24, 2.45) is 5.92 Å². The van der Waals surface area contributed by atoms with Gasteiger partial charge >= 0.3 is 0 Å². The van der Waals surface area contributed by atoms with E-state index in [1.807, 2.05) is 24.5 Å². The van der Waals surface area contributed by atoms with Crippen molar-refractivity contribution < 1.29 is 14.7 Å². The molecule has 2 amide bonds. The minimum Gasteiger partial charge on any atom is -0.400 e. The molecular weight excluding hydrogens is 757 g/mol. The number of aliphatic hydroxyl groups excluding tert-OH is 1. The van der Waals surface area contributed by atoms with Crippen LogP contribution in [0.4, 0.5) is 23.3 Å². The molecule has 1 aliphatic heterocycles. The Kier molecular flexibility index (Phi) is 15.5. The van der Waals surface area contributed by atoms with Gasteiger partial charge in [0.2, 0.25) is 0 Å². The molecule has 2 aliphatic rings. The van der Waals surface area contributed by atoms with E-state index in [4.69, 9.17) is 15.1 Å². The molecule has 1 saturated heterocycles. The quantitative estimate of drug-likeness (QED) is 0.0883. The minimum absolute atomic E-state index is 0.199. The molecule has 0 radical (unpaired) electrons. The molecular formula is C45H60N12O3. The minimum atomic E-state index is -0.213. The van der Waals surface area contributed by atoms with Gasteiger partial charge in [0.25, 0.3) is 11.8 Å². The first kappa shape index (κ1) is 43.6. The maximum absolute atomic E-state index is 12.7. The highest BCUT2D eigenvalue weighted by molar-refractivity contribution is 6.04. The molecule has 2 atom stereocenters. The summed E-state index contributed by atoms with van der Waals surface area (Å²) in [4.78, 5) is 45.6. The summed E-state index contributed by atoms with van der Waals surface area (Å²) in [6.45, 7) is 10.8. The monoisotopic (exact) mass is 816 g/mol. The topological polar surface area (TPSA) is 180 Å². The summed E-state index contributed by atoms with van der Waals surface area (Å²) in [5, 5.41) is 25.6. The third-order valence-corrected chi connectivity index (χ3v) is 11.5. The van der Waals surface area contributed by atoms with E-state index in [1.54, 1.807) is 58.1 Å². The normalized spacial score (nSPS) is 15.1. The zero-order valence-electron chi connectivity index (χ0n) is 35.6. The average molecular weight is 817 g/mol. The summed E-state index contributed by atoms with van der Waals surface area (Å²) >= 11 is 0. The Morgan fingerprint density at radius 1 is 0.767 bits per heavy atom. The molecule has 2 unspecified atom stereocenters. The van der Waals surface area contributed by atoms with E-state index in [9.17, 15) is 9.59 Å². The standard InChI is InChI=1S/2C22H28N6O.CH4O/c1-3-16(2)8-9-17-15-24-28-20(26-22(29)18-7-6-10-23-14-18)13-19(25-21(17)28)27-11-4-5-12-27;1-3-15(2)18-14-24-28-20(27-22(29)16-8-7-11-23-13-16)12-19(26-21(18)28)25-17-9-5-4-6-10-17;1-2/h6-7,10,13-16H,3-5,8-9,11-12H2,1-2H3,(H,26,29);7-8,11-15,17H,3-6,9-10H2,1-2H3,(H,25,26)(H,27,29);2H,1H3. The van der Waals surface area contributed by atoms with Crippen LogP contribution in [0.1, 0.15) is 130 Å². The van der Waals surface area contributed by atoms with Gasteiger partial charge in [0.05, 0.1) is 23.5 Å². The number of nitrogens with one attached hydrogen (secondary N) is 3. The predicted molar refractivity (Wildman–Crippen MR) is 237 cm³/mol. The summed E-state index contributed by atoms with van der Waals surface area (Å²) in [5.74, 6) is 3.53. The second kappa shape index (κ2) is 21.3. The lowest BCUT2D eigenvalue weighted by Crippen LogP contribution is -2.23. The molecule has 1 saturated carbocycles. The summed E-state index contributed by atoms with van der Waals surface area (Å²) in [6.07, 6.45) is 22.8. The number of rotatable bonds is 13. The first-order chi connectivity index (χ1) is 29.3. The van der Waals surface area contributed by atoms with Crippen molar-refractivity contribution >= 4 is 46.4 Å². The van der Waals surface area contributed by atoms with Crippen molar-refractivity contribution in [1.29, 1.82) is 0 Å². The van der Waals surface area contributed by atoms with Crippen LogP contribution in [0.5, 0.6) is 0 Å². The Hall–Kier alpha value is -5.96. The Labute approximate surface area is 352 Å². The summed E-state index contributed by atoms with van der Waals surface area (Å²) in [5.41, 5.74) is 4.87. The molecule has 318 valence electrons. The number of anilines is 4. The SMILES string of the molecule is CCC(C)CCc1cnn2c(NC(=O)c3cccnc3)cc(N3CCCC3)nc12.CCC(C)c1cnn2c(NC(=O)c3cccnc3)cc(NC3CCCCC3)nc12.CO. The molecule has 0 bridgehead atoms. The number of hydrogen-bond donors (Lipinski definition) is 4. The fraction of sp³-hybridized carbons (Fsp3) is 0.467. The summed E-state index contributed by atoms with van der Waals surface area (Å²) in [6, 6.07) is 11.2. The molecule has 60 heavy (non-hydrogen) atoms. The molecule has 0 spiro atoms. The van der Waals surface area contributed by atoms with Crippen LogP contribution in [-0.4, -0.2) is 82.3 Å². The van der Waals surface area contributed by atoms with Crippen LogP contribution in [0.15, 0.2) is 73.6 Å². The van der Waals surface area contributed by atoms with E-state index in [2.05, 4.69) is 68.7 Å². The summed E-state index contributed by atoms with van der Waals surface area (Å²) < 4.78 is 3.47. The Morgan fingerprint density at radius 2 is 1.38 bits per heavy atom. The van der Waals surface area contributed by atoms with Gasteiger partial charge in [-0.05, 0) is 81.0 Å².